The zero-order chi connectivity index (χ0) is 21.1. The molecule has 0 radical (unpaired) electrons. The molecule has 1 aromatic carbocycles. The van der Waals surface area contributed by atoms with Crippen LogP contribution < -0.4 is 9.47 Å². The van der Waals surface area contributed by atoms with Crippen LogP contribution in [0.15, 0.2) is 36.9 Å². The minimum absolute atomic E-state index is 0.0107. The first-order chi connectivity index (χ1) is 14.6. The van der Waals surface area contributed by atoms with E-state index in [1.807, 2.05) is 42.5 Å². The molecule has 0 unspecified atom stereocenters. The molecular formula is C22H27N5O3. The molecule has 1 atom stereocenters. The summed E-state index contributed by atoms with van der Waals surface area (Å²) in [6, 6.07) is 5.55. The second kappa shape index (κ2) is 8.61. The van der Waals surface area contributed by atoms with Crippen molar-refractivity contribution in [3.63, 3.8) is 0 Å². The highest BCUT2D eigenvalue weighted by atomic mass is 16.5. The van der Waals surface area contributed by atoms with Crippen LogP contribution in [0.2, 0.25) is 0 Å². The SMILES string of the molecule is COc1ccc(OC)c(-c2n[nH]c(C(=O)N3CCC[C@@H](Cn4ccnc4)C3)c2C)c1. The molecule has 1 aliphatic rings. The molecule has 0 bridgehead atoms. The van der Waals surface area contributed by atoms with Gasteiger partial charge in [0, 0.05) is 43.2 Å². The molecule has 1 N–H and O–H groups in total. The Kier molecular flexibility index (Phi) is 5.74. The largest absolute Gasteiger partial charge is 0.497 e. The second-order valence-electron chi connectivity index (χ2n) is 7.66. The van der Waals surface area contributed by atoms with Crippen molar-refractivity contribution in [1.82, 2.24) is 24.6 Å². The maximum absolute atomic E-state index is 13.3. The fourth-order valence-corrected chi connectivity index (χ4v) is 4.12. The van der Waals surface area contributed by atoms with Crippen LogP contribution >= 0.6 is 0 Å². The third-order valence-electron chi connectivity index (χ3n) is 5.72. The van der Waals surface area contributed by atoms with E-state index >= 15 is 0 Å². The summed E-state index contributed by atoms with van der Waals surface area (Å²) >= 11 is 0. The molecule has 3 heterocycles. The van der Waals surface area contributed by atoms with Crippen molar-refractivity contribution in [1.29, 1.82) is 0 Å². The molecule has 8 heteroatoms. The van der Waals surface area contributed by atoms with E-state index < -0.39 is 0 Å². The van der Waals surface area contributed by atoms with Gasteiger partial charge in [-0.1, -0.05) is 0 Å². The number of amides is 1. The lowest BCUT2D eigenvalue weighted by atomic mass is 9.97. The van der Waals surface area contributed by atoms with Gasteiger partial charge in [-0.05, 0) is 43.9 Å². The number of methoxy groups -OCH3 is 2. The Labute approximate surface area is 175 Å². The van der Waals surface area contributed by atoms with E-state index in [2.05, 4.69) is 19.7 Å². The summed E-state index contributed by atoms with van der Waals surface area (Å²) < 4.78 is 12.9. The third-order valence-corrected chi connectivity index (χ3v) is 5.72. The number of nitrogens with zero attached hydrogens (tertiary/aromatic N) is 4. The first kappa shape index (κ1) is 20.0. The van der Waals surface area contributed by atoms with E-state index in [1.54, 1.807) is 20.4 Å². The van der Waals surface area contributed by atoms with Crippen LogP contribution in [0.25, 0.3) is 11.3 Å². The molecule has 0 saturated carbocycles. The van der Waals surface area contributed by atoms with Crippen molar-refractivity contribution < 1.29 is 14.3 Å². The second-order valence-corrected chi connectivity index (χ2v) is 7.66. The summed E-state index contributed by atoms with van der Waals surface area (Å²) in [5.74, 6) is 1.80. The zero-order valence-electron chi connectivity index (χ0n) is 17.6. The number of hydrogen-bond donors (Lipinski definition) is 1. The number of aromatic amines is 1. The maximum Gasteiger partial charge on any atom is 0.272 e. The van der Waals surface area contributed by atoms with Crippen molar-refractivity contribution in [3.8, 4) is 22.8 Å². The lowest BCUT2D eigenvalue weighted by Crippen LogP contribution is -2.41. The Morgan fingerprint density at radius 3 is 2.90 bits per heavy atom. The predicted molar refractivity (Wildman–Crippen MR) is 113 cm³/mol. The van der Waals surface area contributed by atoms with Gasteiger partial charge < -0.3 is 18.9 Å². The number of nitrogens with one attached hydrogen (secondary N) is 1. The van der Waals surface area contributed by atoms with Crippen LogP contribution in [0.5, 0.6) is 11.5 Å². The third kappa shape index (κ3) is 3.90. The topological polar surface area (TPSA) is 85.3 Å². The predicted octanol–water partition coefficient (Wildman–Crippen LogP) is 3.15. The molecule has 158 valence electrons. The zero-order valence-corrected chi connectivity index (χ0v) is 17.6. The summed E-state index contributed by atoms with van der Waals surface area (Å²) in [6.45, 7) is 4.28. The molecular weight excluding hydrogens is 382 g/mol. The summed E-state index contributed by atoms with van der Waals surface area (Å²) in [5.41, 5.74) is 2.82. The average Bonchev–Trinajstić information content (AvgIpc) is 3.42. The number of likely N-dealkylation sites (tertiary alicyclic amines) is 1. The Hall–Kier alpha value is -3.29. The van der Waals surface area contributed by atoms with Crippen LogP contribution in [0.3, 0.4) is 0 Å². The average molecular weight is 409 g/mol. The van der Waals surface area contributed by atoms with Gasteiger partial charge in [-0.25, -0.2) is 4.98 Å². The molecule has 0 spiro atoms. The quantitative estimate of drug-likeness (QED) is 0.676. The van der Waals surface area contributed by atoms with Gasteiger partial charge >= 0.3 is 0 Å². The van der Waals surface area contributed by atoms with Gasteiger partial charge in [0.15, 0.2) is 0 Å². The van der Waals surface area contributed by atoms with Gasteiger partial charge in [-0.15, -0.1) is 0 Å². The number of rotatable bonds is 6. The molecule has 3 aromatic rings. The maximum atomic E-state index is 13.3. The summed E-state index contributed by atoms with van der Waals surface area (Å²) in [5, 5.41) is 7.41. The molecule has 8 nitrogen and oxygen atoms in total. The highest BCUT2D eigenvalue weighted by Crippen LogP contribution is 2.35. The number of H-pyrrole nitrogens is 1. The lowest BCUT2D eigenvalue weighted by Gasteiger charge is -2.32. The van der Waals surface area contributed by atoms with Crippen LogP contribution in [0.1, 0.15) is 28.9 Å². The Morgan fingerprint density at radius 2 is 2.17 bits per heavy atom. The molecule has 1 amide bonds. The fourth-order valence-electron chi connectivity index (χ4n) is 4.12. The van der Waals surface area contributed by atoms with Crippen LogP contribution in [0.4, 0.5) is 0 Å². The monoisotopic (exact) mass is 409 g/mol. The van der Waals surface area contributed by atoms with Crippen LogP contribution in [-0.2, 0) is 6.54 Å². The minimum atomic E-state index is -0.0107. The molecule has 1 aliphatic heterocycles. The van der Waals surface area contributed by atoms with Crippen LogP contribution in [-0.4, -0.2) is 57.9 Å². The smallest absolute Gasteiger partial charge is 0.272 e. The first-order valence-corrected chi connectivity index (χ1v) is 10.1. The molecule has 1 saturated heterocycles. The van der Waals surface area contributed by atoms with E-state index in [0.717, 1.165) is 43.6 Å². The van der Waals surface area contributed by atoms with Gasteiger partial charge in [0.05, 0.1) is 26.2 Å². The molecule has 4 rings (SSSR count). The van der Waals surface area contributed by atoms with E-state index in [-0.39, 0.29) is 5.91 Å². The highest BCUT2D eigenvalue weighted by Gasteiger charge is 2.28. The number of ether oxygens (including phenoxy) is 2. The number of aromatic nitrogens is 4. The van der Waals surface area contributed by atoms with Gasteiger partial charge in [0.25, 0.3) is 5.91 Å². The van der Waals surface area contributed by atoms with Crippen molar-refractivity contribution in [3.05, 3.63) is 48.2 Å². The molecule has 2 aromatic heterocycles. The highest BCUT2D eigenvalue weighted by molar-refractivity contribution is 5.95. The van der Waals surface area contributed by atoms with Crippen LogP contribution in [0, 0.1) is 12.8 Å². The number of carbonyl (C=O) groups excluding carboxylic acids is 1. The normalized spacial score (nSPS) is 16.5. The minimum Gasteiger partial charge on any atom is -0.497 e. The fraction of sp³-hybridized carbons (Fsp3) is 0.409. The van der Waals surface area contributed by atoms with Crippen molar-refractivity contribution in [2.45, 2.75) is 26.3 Å². The summed E-state index contributed by atoms with van der Waals surface area (Å²) in [4.78, 5) is 19.3. The van der Waals surface area contributed by atoms with Crippen molar-refractivity contribution >= 4 is 5.91 Å². The van der Waals surface area contributed by atoms with Gasteiger partial charge in [-0.2, -0.15) is 5.10 Å². The number of hydrogen-bond acceptors (Lipinski definition) is 5. The number of benzene rings is 1. The van der Waals surface area contributed by atoms with Crippen molar-refractivity contribution in [2.24, 2.45) is 5.92 Å². The summed E-state index contributed by atoms with van der Waals surface area (Å²) in [6.07, 6.45) is 7.68. The number of imidazole rings is 1. The first-order valence-electron chi connectivity index (χ1n) is 10.1. The molecule has 1 fully saturated rings. The Bertz CT molecular complexity index is 1010. The van der Waals surface area contributed by atoms with E-state index in [0.29, 0.717) is 28.8 Å². The van der Waals surface area contributed by atoms with E-state index in [1.165, 1.54) is 0 Å². The number of carbonyl (C=O) groups is 1. The van der Waals surface area contributed by atoms with Gasteiger partial charge in [0.2, 0.25) is 0 Å². The Balaban J connectivity index is 1.55. The number of piperidine rings is 1. The Morgan fingerprint density at radius 1 is 1.30 bits per heavy atom. The molecule has 30 heavy (non-hydrogen) atoms. The summed E-state index contributed by atoms with van der Waals surface area (Å²) in [7, 11) is 3.24. The molecule has 0 aliphatic carbocycles. The van der Waals surface area contributed by atoms with Gasteiger partial charge in [-0.3, -0.25) is 9.89 Å². The van der Waals surface area contributed by atoms with E-state index in [4.69, 9.17) is 9.47 Å². The standard InChI is InChI=1S/C22H27N5O3/c1-15-20(18-11-17(29-2)6-7-19(18)30-3)24-25-21(15)22(28)27-9-4-5-16(13-27)12-26-10-8-23-14-26/h6-8,10-11,14,16H,4-5,9,12-13H2,1-3H3,(H,24,25)/t16-/m0/s1. The van der Waals surface area contributed by atoms with Crippen molar-refractivity contribution in [2.75, 3.05) is 27.3 Å². The lowest BCUT2D eigenvalue weighted by molar-refractivity contribution is 0.0655. The van der Waals surface area contributed by atoms with E-state index in [9.17, 15) is 4.79 Å². The van der Waals surface area contributed by atoms with Gasteiger partial charge in [0.1, 0.15) is 17.2 Å².